The van der Waals surface area contributed by atoms with Crippen molar-refractivity contribution in [3.63, 3.8) is 0 Å². The van der Waals surface area contributed by atoms with Crippen molar-refractivity contribution < 1.29 is 4.79 Å². The fourth-order valence-corrected chi connectivity index (χ4v) is 3.93. The number of thioether (sulfide) groups is 1. The SMILES string of the molecule is Cc1cccc(-n2ccnc2SCC(=O)NCCc2nnc3ccccn23)c1C. The highest BCUT2D eigenvalue weighted by Gasteiger charge is 2.12. The van der Waals surface area contributed by atoms with Gasteiger partial charge in [-0.15, -0.1) is 10.2 Å². The highest BCUT2D eigenvalue weighted by atomic mass is 32.2. The number of pyridine rings is 1. The summed E-state index contributed by atoms with van der Waals surface area (Å²) >= 11 is 1.43. The van der Waals surface area contributed by atoms with Crippen LogP contribution in [0.4, 0.5) is 0 Å². The lowest BCUT2D eigenvalue weighted by Gasteiger charge is -2.12. The number of aromatic nitrogens is 5. The van der Waals surface area contributed by atoms with Crippen molar-refractivity contribution in [2.45, 2.75) is 25.4 Å². The predicted molar refractivity (Wildman–Crippen MR) is 113 cm³/mol. The van der Waals surface area contributed by atoms with Crippen LogP contribution in [0, 0.1) is 13.8 Å². The Balaban J connectivity index is 1.33. The van der Waals surface area contributed by atoms with Gasteiger partial charge in [0.1, 0.15) is 5.82 Å². The van der Waals surface area contributed by atoms with Crippen LogP contribution in [0.5, 0.6) is 0 Å². The number of carbonyl (C=O) groups is 1. The van der Waals surface area contributed by atoms with E-state index in [0.717, 1.165) is 22.3 Å². The van der Waals surface area contributed by atoms with Gasteiger partial charge in [0.2, 0.25) is 5.91 Å². The van der Waals surface area contributed by atoms with Gasteiger partial charge in [-0.05, 0) is 43.2 Å². The van der Waals surface area contributed by atoms with Gasteiger partial charge in [-0.25, -0.2) is 4.98 Å². The van der Waals surface area contributed by atoms with Gasteiger partial charge in [0.05, 0.1) is 11.4 Å². The molecule has 1 N–H and O–H groups in total. The number of rotatable bonds is 7. The molecular formula is C21H22N6OS. The molecule has 1 amide bonds. The smallest absolute Gasteiger partial charge is 0.230 e. The van der Waals surface area contributed by atoms with Crippen LogP contribution < -0.4 is 5.32 Å². The summed E-state index contributed by atoms with van der Waals surface area (Å²) < 4.78 is 3.96. The maximum absolute atomic E-state index is 12.3. The lowest BCUT2D eigenvalue weighted by Crippen LogP contribution is -2.27. The monoisotopic (exact) mass is 406 g/mol. The number of carbonyl (C=O) groups excluding carboxylic acids is 1. The number of amides is 1. The predicted octanol–water partition coefficient (Wildman–Crippen LogP) is 2.98. The fraction of sp³-hybridized carbons (Fsp3) is 0.238. The van der Waals surface area contributed by atoms with E-state index in [9.17, 15) is 4.79 Å². The first-order chi connectivity index (χ1) is 14.1. The Kier molecular flexibility index (Phi) is 5.62. The second kappa shape index (κ2) is 8.48. The fourth-order valence-electron chi connectivity index (χ4n) is 3.13. The van der Waals surface area contributed by atoms with Crippen LogP contribution in [0.3, 0.4) is 0 Å². The number of hydrogen-bond donors (Lipinski definition) is 1. The molecule has 3 aromatic heterocycles. The zero-order valence-corrected chi connectivity index (χ0v) is 17.2. The molecule has 3 heterocycles. The molecule has 1 aromatic carbocycles. The summed E-state index contributed by atoms with van der Waals surface area (Å²) in [4.78, 5) is 16.7. The van der Waals surface area contributed by atoms with Gasteiger partial charge in [-0.3, -0.25) is 13.8 Å². The molecule has 0 unspecified atom stereocenters. The Hall–Kier alpha value is -3.13. The van der Waals surface area contributed by atoms with Crippen LogP contribution >= 0.6 is 11.8 Å². The van der Waals surface area contributed by atoms with Crippen molar-refractivity contribution in [1.82, 2.24) is 29.5 Å². The Bertz CT molecular complexity index is 1150. The zero-order valence-electron chi connectivity index (χ0n) is 16.4. The molecule has 0 aliphatic rings. The number of aryl methyl sites for hydroxylation is 1. The minimum Gasteiger partial charge on any atom is -0.355 e. The summed E-state index contributed by atoms with van der Waals surface area (Å²) in [5, 5.41) is 12.1. The second-order valence-electron chi connectivity index (χ2n) is 6.73. The number of fused-ring (bicyclic) bond motifs is 1. The number of nitrogens with zero attached hydrogens (tertiary/aromatic N) is 5. The van der Waals surface area contributed by atoms with E-state index in [1.54, 1.807) is 6.20 Å². The minimum absolute atomic E-state index is 0.0284. The average Bonchev–Trinajstić information content (AvgIpc) is 3.36. The molecule has 4 aromatic rings. The van der Waals surface area contributed by atoms with Crippen LogP contribution in [0.2, 0.25) is 0 Å². The average molecular weight is 407 g/mol. The molecule has 0 spiro atoms. The molecule has 0 aliphatic heterocycles. The lowest BCUT2D eigenvalue weighted by molar-refractivity contribution is -0.118. The maximum Gasteiger partial charge on any atom is 0.230 e. The standard InChI is InChI=1S/C21H22N6OS/c1-15-6-5-7-17(16(15)2)26-13-11-23-21(26)29-14-20(28)22-10-9-19-25-24-18-8-3-4-12-27(18)19/h3-8,11-13H,9-10,14H2,1-2H3,(H,22,28). The highest BCUT2D eigenvalue weighted by molar-refractivity contribution is 7.99. The largest absolute Gasteiger partial charge is 0.355 e. The summed E-state index contributed by atoms with van der Waals surface area (Å²) in [6.07, 6.45) is 6.24. The van der Waals surface area contributed by atoms with Crippen LogP contribution in [0.25, 0.3) is 11.3 Å². The van der Waals surface area contributed by atoms with E-state index in [-0.39, 0.29) is 5.91 Å². The third-order valence-corrected chi connectivity index (χ3v) is 5.80. The van der Waals surface area contributed by atoms with Crippen LogP contribution in [-0.2, 0) is 11.2 Å². The molecule has 0 radical (unpaired) electrons. The normalized spacial score (nSPS) is 11.1. The van der Waals surface area contributed by atoms with Crippen molar-refractivity contribution in [1.29, 1.82) is 0 Å². The molecule has 0 aliphatic carbocycles. The first kappa shape index (κ1) is 19.2. The Morgan fingerprint density at radius 3 is 2.90 bits per heavy atom. The molecule has 4 rings (SSSR count). The molecule has 0 fully saturated rings. The molecule has 0 bridgehead atoms. The first-order valence-corrected chi connectivity index (χ1v) is 10.4. The minimum atomic E-state index is -0.0284. The first-order valence-electron chi connectivity index (χ1n) is 9.41. The van der Waals surface area contributed by atoms with Gasteiger partial charge >= 0.3 is 0 Å². The summed E-state index contributed by atoms with van der Waals surface area (Å²) in [6, 6.07) is 12.0. The molecule has 0 atom stereocenters. The van der Waals surface area contributed by atoms with Crippen LogP contribution in [-0.4, -0.2) is 42.4 Å². The van der Waals surface area contributed by atoms with Gasteiger partial charge in [-0.1, -0.05) is 30.0 Å². The molecule has 0 saturated carbocycles. The molecular weight excluding hydrogens is 384 g/mol. The zero-order chi connectivity index (χ0) is 20.2. The second-order valence-corrected chi connectivity index (χ2v) is 7.68. The Labute approximate surface area is 173 Å². The summed E-state index contributed by atoms with van der Waals surface area (Å²) in [5.41, 5.74) is 4.33. The van der Waals surface area contributed by atoms with Crippen molar-refractivity contribution in [2.75, 3.05) is 12.3 Å². The number of hydrogen-bond acceptors (Lipinski definition) is 5. The summed E-state index contributed by atoms with van der Waals surface area (Å²) in [6.45, 7) is 4.70. The van der Waals surface area contributed by atoms with Crippen LogP contribution in [0.15, 0.2) is 60.1 Å². The van der Waals surface area contributed by atoms with E-state index in [0.29, 0.717) is 18.7 Å². The summed E-state index contributed by atoms with van der Waals surface area (Å²) in [7, 11) is 0. The summed E-state index contributed by atoms with van der Waals surface area (Å²) in [5.74, 6) is 1.11. The molecule has 7 nitrogen and oxygen atoms in total. The van der Waals surface area contributed by atoms with Gasteiger partial charge in [-0.2, -0.15) is 0 Å². The molecule has 148 valence electrons. The quantitative estimate of drug-likeness (QED) is 0.478. The van der Waals surface area contributed by atoms with Crippen molar-refractivity contribution in [2.24, 2.45) is 0 Å². The van der Waals surface area contributed by atoms with E-state index in [1.165, 1.54) is 22.9 Å². The van der Waals surface area contributed by atoms with E-state index in [2.05, 4.69) is 46.5 Å². The van der Waals surface area contributed by atoms with Gasteiger partial charge in [0.15, 0.2) is 10.8 Å². The highest BCUT2D eigenvalue weighted by Crippen LogP contribution is 2.24. The van der Waals surface area contributed by atoms with Crippen molar-refractivity contribution >= 4 is 23.3 Å². The van der Waals surface area contributed by atoms with E-state index >= 15 is 0 Å². The van der Waals surface area contributed by atoms with Crippen LogP contribution in [0.1, 0.15) is 17.0 Å². The van der Waals surface area contributed by atoms with Crippen molar-refractivity contribution in [3.05, 3.63) is 71.9 Å². The van der Waals surface area contributed by atoms with Gasteiger partial charge in [0, 0.05) is 31.6 Å². The van der Waals surface area contributed by atoms with E-state index in [4.69, 9.17) is 0 Å². The third-order valence-electron chi connectivity index (χ3n) is 4.83. The van der Waals surface area contributed by atoms with E-state index < -0.39 is 0 Å². The number of benzene rings is 1. The Morgan fingerprint density at radius 2 is 2.00 bits per heavy atom. The molecule has 29 heavy (non-hydrogen) atoms. The molecule has 0 saturated heterocycles. The van der Waals surface area contributed by atoms with Gasteiger partial charge < -0.3 is 5.32 Å². The van der Waals surface area contributed by atoms with Crippen molar-refractivity contribution in [3.8, 4) is 5.69 Å². The Morgan fingerprint density at radius 1 is 1.10 bits per heavy atom. The van der Waals surface area contributed by atoms with Gasteiger partial charge in [0.25, 0.3) is 0 Å². The third kappa shape index (κ3) is 4.17. The lowest BCUT2D eigenvalue weighted by atomic mass is 10.1. The maximum atomic E-state index is 12.3. The topological polar surface area (TPSA) is 77.1 Å². The number of imidazole rings is 1. The molecule has 8 heteroatoms. The number of nitrogens with one attached hydrogen (secondary N) is 1. The van der Waals surface area contributed by atoms with E-state index in [1.807, 2.05) is 45.6 Å².